The normalized spacial score (nSPS) is 26.3. The third kappa shape index (κ3) is 2.84. The topological polar surface area (TPSA) is 41.1 Å². The van der Waals surface area contributed by atoms with Gasteiger partial charge in [-0.3, -0.25) is 4.79 Å². The van der Waals surface area contributed by atoms with Crippen molar-refractivity contribution in [2.75, 3.05) is 13.1 Å². The molecule has 1 fully saturated rings. The van der Waals surface area contributed by atoms with Crippen LogP contribution in [0.15, 0.2) is 18.2 Å². The third-order valence-electron chi connectivity index (χ3n) is 5.20. The fourth-order valence-electron chi connectivity index (χ4n) is 4.03. The summed E-state index contributed by atoms with van der Waals surface area (Å²) in [7, 11) is 0. The highest BCUT2D eigenvalue weighted by molar-refractivity contribution is 5.96. The molecule has 3 unspecified atom stereocenters. The lowest BCUT2D eigenvalue weighted by molar-refractivity contribution is 0.0946. The first kappa shape index (κ1) is 14.6. The van der Waals surface area contributed by atoms with Crippen LogP contribution >= 0.6 is 0 Å². The van der Waals surface area contributed by atoms with Gasteiger partial charge in [0.05, 0.1) is 0 Å². The molecule has 3 rings (SSSR count). The van der Waals surface area contributed by atoms with Crippen molar-refractivity contribution in [1.29, 1.82) is 0 Å². The van der Waals surface area contributed by atoms with Crippen molar-refractivity contribution in [3.63, 3.8) is 0 Å². The lowest BCUT2D eigenvalue weighted by Gasteiger charge is -2.29. The summed E-state index contributed by atoms with van der Waals surface area (Å²) in [5.41, 5.74) is 3.36. The van der Waals surface area contributed by atoms with Gasteiger partial charge in [0.2, 0.25) is 0 Å². The van der Waals surface area contributed by atoms with Gasteiger partial charge in [0, 0.05) is 18.2 Å². The van der Waals surface area contributed by atoms with Crippen molar-refractivity contribution in [1.82, 2.24) is 10.6 Å². The summed E-state index contributed by atoms with van der Waals surface area (Å²) in [6.45, 7) is 6.27. The minimum Gasteiger partial charge on any atom is -0.352 e. The van der Waals surface area contributed by atoms with Crippen LogP contribution in [0.25, 0.3) is 0 Å². The number of amides is 1. The molecule has 0 radical (unpaired) electrons. The Morgan fingerprint density at radius 2 is 2.24 bits per heavy atom. The van der Waals surface area contributed by atoms with Crippen molar-refractivity contribution in [3.05, 3.63) is 34.9 Å². The first-order valence-electron chi connectivity index (χ1n) is 8.35. The van der Waals surface area contributed by atoms with Gasteiger partial charge >= 0.3 is 0 Å². The molecule has 1 aliphatic heterocycles. The molecule has 21 heavy (non-hydrogen) atoms. The van der Waals surface area contributed by atoms with E-state index in [9.17, 15) is 4.79 Å². The Morgan fingerprint density at radius 1 is 1.38 bits per heavy atom. The molecule has 1 aromatic carbocycles. The van der Waals surface area contributed by atoms with Gasteiger partial charge in [-0.15, -0.1) is 0 Å². The van der Waals surface area contributed by atoms with Gasteiger partial charge in [0.1, 0.15) is 0 Å². The van der Waals surface area contributed by atoms with Gasteiger partial charge in [-0.05, 0) is 48.4 Å². The number of fused-ring (bicyclic) bond motifs is 1. The lowest BCUT2D eigenvalue weighted by atomic mass is 9.84. The van der Waals surface area contributed by atoms with E-state index in [4.69, 9.17) is 0 Å². The predicted octanol–water partition coefficient (Wildman–Crippen LogP) is 3.06. The van der Waals surface area contributed by atoms with Crippen LogP contribution in [0.3, 0.4) is 0 Å². The molecular formula is C18H26N2O. The maximum Gasteiger partial charge on any atom is 0.251 e. The summed E-state index contributed by atoms with van der Waals surface area (Å²) in [5.74, 6) is 1.54. The molecule has 1 amide bonds. The van der Waals surface area contributed by atoms with Crippen molar-refractivity contribution < 1.29 is 4.79 Å². The Hall–Kier alpha value is -1.35. The van der Waals surface area contributed by atoms with Gasteiger partial charge < -0.3 is 10.6 Å². The predicted molar refractivity (Wildman–Crippen MR) is 85.4 cm³/mol. The second-order valence-corrected chi connectivity index (χ2v) is 6.53. The number of hydrogen-bond donors (Lipinski definition) is 2. The van der Waals surface area contributed by atoms with Crippen LogP contribution in [0, 0.1) is 11.8 Å². The van der Waals surface area contributed by atoms with E-state index < -0.39 is 0 Å². The van der Waals surface area contributed by atoms with E-state index in [1.54, 1.807) is 0 Å². The Balaban J connectivity index is 1.92. The van der Waals surface area contributed by atoms with E-state index in [1.165, 1.54) is 30.4 Å². The van der Waals surface area contributed by atoms with Crippen LogP contribution in [-0.4, -0.2) is 19.0 Å². The average Bonchev–Trinajstić information content (AvgIpc) is 2.91. The minimum absolute atomic E-state index is 0.0906. The van der Waals surface area contributed by atoms with Crippen molar-refractivity contribution >= 4 is 5.91 Å². The van der Waals surface area contributed by atoms with E-state index in [-0.39, 0.29) is 5.91 Å². The van der Waals surface area contributed by atoms with E-state index >= 15 is 0 Å². The van der Waals surface area contributed by atoms with Crippen LogP contribution in [0.4, 0.5) is 0 Å². The van der Waals surface area contributed by atoms with Crippen molar-refractivity contribution in [2.45, 2.75) is 45.6 Å². The molecule has 3 atom stereocenters. The molecular weight excluding hydrogens is 260 g/mol. The zero-order valence-corrected chi connectivity index (χ0v) is 13.1. The van der Waals surface area contributed by atoms with E-state index in [1.807, 2.05) is 0 Å². The minimum atomic E-state index is 0.0906. The standard InChI is InChI=1S/C18H26N2O/c1-3-19-17(15-6-4-5-12(15)2)14-8-7-13-9-10-20-18(21)16(13)11-14/h7-8,11-12,15,17,19H,3-6,9-10H2,1-2H3,(H,20,21). The molecule has 114 valence electrons. The van der Waals surface area contributed by atoms with Gasteiger partial charge in [-0.1, -0.05) is 38.8 Å². The largest absolute Gasteiger partial charge is 0.352 e. The SMILES string of the molecule is CCNC(c1ccc2c(c1)C(=O)NCC2)C1CCCC1C. The molecule has 3 nitrogen and oxygen atoms in total. The Morgan fingerprint density at radius 3 is 2.95 bits per heavy atom. The lowest BCUT2D eigenvalue weighted by Crippen LogP contribution is -2.33. The molecule has 3 heteroatoms. The number of carbonyl (C=O) groups is 1. The number of benzene rings is 1. The van der Waals surface area contributed by atoms with E-state index in [0.29, 0.717) is 12.0 Å². The van der Waals surface area contributed by atoms with Crippen LogP contribution < -0.4 is 10.6 Å². The van der Waals surface area contributed by atoms with E-state index in [2.05, 4.69) is 42.7 Å². The number of nitrogens with one attached hydrogen (secondary N) is 2. The first-order chi connectivity index (χ1) is 10.2. The summed E-state index contributed by atoms with van der Waals surface area (Å²) < 4.78 is 0. The monoisotopic (exact) mass is 286 g/mol. The summed E-state index contributed by atoms with van der Waals surface area (Å²) in [6.07, 6.45) is 4.91. The molecule has 1 heterocycles. The molecule has 0 spiro atoms. The molecule has 1 saturated carbocycles. The quantitative estimate of drug-likeness (QED) is 0.893. The molecule has 2 N–H and O–H groups in total. The van der Waals surface area contributed by atoms with Crippen LogP contribution in [-0.2, 0) is 6.42 Å². The molecule has 1 aliphatic carbocycles. The summed E-state index contributed by atoms with van der Waals surface area (Å²) in [5, 5.41) is 6.62. The average molecular weight is 286 g/mol. The number of carbonyl (C=O) groups excluding carboxylic acids is 1. The zero-order valence-electron chi connectivity index (χ0n) is 13.1. The summed E-state index contributed by atoms with van der Waals surface area (Å²) in [6, 6.07) is 6.90. The highest BCUT2D eigenvalue weighted by Gasteiger charge is 2.32. The summed E-state index contributed by atoms with van der Waals surface area (Å²) in [4.78, 5) is 12.1. The zero-order chi connectivity index (χ0) is 14.8. The van der Waals surface area contributed by atoms with Crippen molar-refractivity contribution in [2.24, 2.45) is 11.8 Å². The Kier molecular flexibility index (Phi) is 4.29. The Labute approximate surface area is 127 Å². The van der Waals surface area contributed by atoms with Crippen molar-refractivity contribution in [3.8, 4) is 0 Å². The van der Waals surface area contributed by atoms with Crippen LogP contribution in [0.2, 0.25) is 0 Å². The van der Waals surface area contributed by atoms with Gasteiger partial charge in [-0.25, -0.2) is 0 Å². The second kappa shape index (κ2) is 6.18. The maximum atomic E-state index is 12.1. The summed E-state index contributed by atoms with van der Waals surface area (Å²) >= 11 is 0. The fraction of sp³-hybridized carbons (Fsp3) is 0.611. The molecule has 0 aromatic heterocycles. The first-order valence-corrected chi connectivity index (χ1v) is 8.35. The van der Waals surface area contributed by atoms with Gasteiger partial charge in [-0.2, -0.15) is 0 Å². The smallest absolute Gasteiger partial charge is 0.251 e. The number of hydrogen-bond acceptors (Lipinski definition) is 2. The highest BCUT2D eigenvalue weighted by atomic mass is 16.1. The van der Waals surface area contributed by atoms with Gasteiger partial charge in [0.15, 0.2) is 0 Å². The van der Waals surface area contributed by atoms with E-state index in [0.717, 1.165) is 31.0 Å². The molecule has 1 aromatic rings. The number of rotatable bonds is 4. The maximum absolute atomic E-state index is 12.1. The Bertz CT molecular complexity index is 526. The second-order valence-electron chi connectivity index (χ2n) is 6.53. The highest BCUT2D eigenvalue weighted by Crippen LogP contribution is 2.40. The van der Waals surface area contributed by atoms with Gasteiger partial charge in [0.25, 0.3) is 5.91 Å². The fourth-order valence-corrected chi connectivity index (χ4v) is 4.03. The third-order valence-corrected chi connectivity index (χ3v) is 5.20. The molecule has 2 aliphatic rings. The van der Waals surface area contributed by atoms with Crippen LogP contribution in [0.1, 0.15) is 60.6 Å². The molecule has 0 bridgehead atoms. The molecule has 0 saturated heterocycles. The van der Waals surface area contributed by atoms with Crippen LogP contribution in [0.5, 0.6) is 0 Å².